The number of hydrogen-bond donors (Lipinski definition) is 2. The Hall–Kier alpha value is -2.25. The van der Waals surface area contributed by atoms with Crippen molar-refractivity contribution in [3.63, 3.8) is 0 Å². The van der Waals surface area contributed by atoms with Crippen LogP contribution in [0.25, 0.3) is 0 Å². The predicted octanol–water partition coefficient (Wildman–Crippen LogP) is 2.73. The van der Waals surface area contributed by atoms with Crippen LogP contribution in [-0.4, -0.2) is 43.0 Å². The van der Waals surface area contributed by atoms with Gasteiger partial charge in [0, 0.05) is 24.9 Å². The first kappa shape index (κ1) is 17.6. The third kappa shape index (κ3) is 3.88. The van der Waals surface area contributed by atoms with Crippen molar-refractivity contribution in [3.8, 4) is 11.5 Å². The van der Waals surface area contributed by atoms with Gasteiger partial charge in [-0.25, -0.2) is 0 Å². The molecule has 0 radical (unpaired) electrons. The maximum atomic E-state index is 12.5. The van der Waals surface area contributed by atoms with Crippen molar-refractivity contribution < 1.29 is 14.3 Å². The summed E-state index contributed by atoms with van der Waals surface area (Å²) in [5, 5.41) is 11.0. The largest absolute Gasteiger partial charge is 0.495 e. The topological polar surface area (TPSA) is 77.4 Å². The first-order valence-corrected chi connectivity index (χ1v) is 8.49. The molecule has 2 aromatic rings. The number of anilines is 1. The lowest BCUT2D eigenvalue weighted by atomic mass is 10.1. The summed E-state index contributed by atoms with van der Waals surface area (Å²) >= 11 is 6.08. The van der Waals surface area contributed by atoms with E-state index in [1.807, 2.05) is 10.9 Å². The molecule has 0 spiro atoms. The van der Waals surface area contributed by atoms with Crippen LogP contribution in [0.1, 0.15) is 29.4 Å². The van der Waals surface area contributed by atoms with Gasteiger partial charge in [0.15, 0.2) is 5.69 Å². The molecule has 1 atom stereocenters. The molecule has 1 amide bonds. The zero-order chi connectivity index (χ0) is 17.8. The van der Waals surface area contributed by atoms with Gasteiger partial charge >= 0.3 is 0 Å². The van der Waals surface area contributed by atoms with Crippen molar-refractivity contribution in [2.75, 3.05) is 32.6 Å². The number of hydrogen-bond acceptors (Lipinski definition) is 5. The number of amides is 1. The molecule has 1 saturated heterocycles. The van der Waals surface area contributed by atoms with Crippen LogP contribution in [0.4, 0.5) is 5.69 Å². The van der Waals surface area contributed by atoms with Crippen molar-refractivity contribution >= 4 is 23.2 Å². The van der Waals surface area contributed by atoms with Gasteiger partial charge in [0.25, 0.3) is 5.91 Å². The van der Waals surface area contributed by atoms with E-state index in [-0.39, 0.29) is 11.9 Å². The number of piperidine rings is 1. The second-order valence-corrected chi connectivity index (χ2v) is 6.23. The van der Waals surface area contributed by atoms with Gasteiger partial charge in [-0.05, 0) is 25.5 Å². The predicted molar refractivity (Wildman–Crippen MR) is 95.9 cm³/mol. The van der Waals surface area contributed by atoms with Crippen molar-refractivity contribution in [1.82, 2.24) is 15.1 Å². The van der Waals surface area contributed by atoms with E-state index in [9.17, 15) is 4.79 Å². The summed E-state index contributed by atoms with van der Waals surface area (Å²) in [7, 11) is 3.03. The molecule has 134 valence electrons. The van der Waals surface area contributed by atoms with Crippen LogP contribution in [0, 0.1) is 0 Å². The van der Waals surface area contributed by atoms with Gasteiger partial charge in [-0.3, -0.25) is 9.48 Å². The Morgan fingerprint density at radius 2 is 2.16 bits per heavy atom. The lowest BCUT2D eigenvalue weighted by Gasteiger charge is -2.22. The van der Waals surface area contributed by atoms with Crippen molar-refractivity contribution in [2.24, 2.45) is 0 Å². The summed E-state index contributed by atoms with van der Waals surface area (Å²) in [4.78, 5) is 12.5. The van der Waals surface area contributed by atoms with E-state index in [2.05, 4.69) is 15.7 Å². The Bertz CT molecular complexity index is 756. The van der Waals surface area contributed by atoms with Crippen LogP contribution >= 0.6 is 11.6 Å². The lowest BCUT2D eigenvalue weighted by molar-refractivity contribution is 0.102. The first-order chi connectivity index (χ1) is 12.1. The first-order valence-electron chi connectivity index (χ1n) is 8.11. The number of nitrogens with zero attached hydrogens (tertiary/aromatic N) is 2. The summed E-state index contributed by atoms with van der Waals surface area (Å²) < 4.78 is 12.3. The molecular weight excluding hydrogens is 344 g/mol. The number of benzene rings is 1. The minimum Gasteiger partial charge on any atom is -0.495 e. The highest BCUT2D eigenvalue weighted by Crippen LogP contribution is 2.36. The van der Waals surface area contributed by atoms with E-state index >= 15 is 0 Å². The van der Waals surface area contributed by atoms with Gasteiger partial charge in [-0.1, -0.05) is 11.6 Å². The molecule has 0 saturated carbocycles. The van der Waals surface area contributed by atoms with Crippen molar-refractivity contribution in [1.29, 1.82) is 0 Å². The van der Waals surface area contributed by atoms with Crippen molar-refractivity contribution in [2.45, 2.75) is 18.9 Å². The van der Waals surface area contributed by atoms with E-state index < -0.39 is 0 Å². The molecule has 1 aliphatic heterocycles. The molecule has 25 heavy (non-hydrogen) atoms. The quantitative estimate of drug-likeness (QED) is 0.853. The highest BCUT2D eigenvalue weighted by atomic mass is 35.5. The third-order valence-corrected chi connectivity index (χ3v) is 4.50. The fraction of sp³-hybridized carbons (Fsp3) is 0.412. The number of carbonyl (C=O) groups is 1. The van der Waals surface area contributed by atoms with E-state index in [0.717, 1.165) is 25.9 Å². The minimum atomic E-state index is -0.315. The molecule has 2 N–H and O–H groups in total. The van der Waals surface area contributed by atoms with E-state index in [1.54, 1.807) is 18.2 Å². The molecule has 1 fully saturated rings. The number of carbonyl (C=O) groups excluding carboxylic acids is 1. The van der Waals surface area contributed by atoms with Crippen LogP contribution < -0.4 is 20.1 Å². The molecule has 1 aromatic carbocycles. The highest BCUT2D eigenvalue weighted by molar-refractivity contribution is 6.32. The summed E-state index contributed by atoms with van der Waals surface area (Å²) in [5.41, 5.74) is 0.823. The normalized spacial score (nSPS) is 17.2. The average Bonchev–Trinajstić information content (AvgIpc) is 3.13. The van der Waals surface area contributed by atoms with Gasteiger partial charge in [0.1, 0.15) is 11.5 Å². The van der Waals surface area contributed by atoms with Crippen LogP contribution in [0.5, 0.6) is 11.5 Å². The molecule has 1 aliphatic rings. The maximum Gasteiger partial charge on any atom is 0.276 e. The Morgan fingerprint density at radius 3 is 2.84 bits per heavy atom. The fourth-order valence-electron chi connectivity index (χ4n) is 2.87. The second-order valence-electron chi connectivity index (χ2n) is 5.82. The Labute approximate surface area is 151 Å². The number of nitrogens with one attached hydrogen (secondary N) is 2. The molecule has 0 aliphatic carbocycles. The van der Waals surface area contributed by atoms with Crippen LogP contribution in [-0.2, 0) is 0 Å². The monoisotopic (exact) mass is 364 g/mol. The third-order valence-electron chi connectivity index (χ3n) is 4.21. The number of aromatic nitrogens is 2. The lowest BCUT2D eigenvalue weighted by Crippen LogP contribution is -2.32. The molecule has 8 heteroatoms. The van der Waals surface area contributed by atoms with Gasteiger partial charge in [0.2, 0.25) is 0 Å². The van der Waals surface area contributed by atoms with Crippen LogP contribution in [0.3, 0.4) is 0 Å². The Kier molecular flexibility index (Phi) is 5.45. The van der Waals surface area contributed by atoms with Gasteiger partial charge in [-0.15, -0.1) is 0 Å². The number of ether oxygens (including phenoxy) is 2. The minimum absolute atomic E-state index is 0.278. The van der Waals surface area contributed by atoms with Gasteiger partial charge in [-0.2, -0.15) is 5.10 Å². The van der Waals surface area contributed by atoms with E-state index in [4.69, 9.17) is 21.1 Å². The molecular formula is C17H21ClN4O3. The SMILES string of the molecule is COc1cc(NC(=O)c2ccn(C3CCCNC3)n2)c(OC)cc1Cl. The standard InChI is InChI=1S/C17H21ClN4O3/c1-24-15-9-14(16(25-2)8-12(15)18)20-17(23)13-5-7-22(21-13)11-4-3-6-19-10-11/h5,7-9,11,19H,3-4,6,10H2,1-2H3,(H,20,23). The molecule has 1 unspecified atom stereocenters. The Morgan fingerprint density at radius 1 is 1.36 bits per heavy atom. The fourth-order valence-corrected chi connectivity index (χ4v) is 3.10. The van der Waals surface area contributed by atoms with E-state index in [1.165, 1.54) is 14.2 Å². The summed E-state index contributed by atoms with van der Waals surface area (Å²) in [5.74, 6) is 0.594. The van der Waals surface area contributed by atoms with Gasteiger partial charge in [0.05, 0.1) is 31.0 Å². The summed E-state index contributed by atoms with van der Waals surface area (Å²) in [6.45, 7) is 1.90. The maximum absolute atomic E-state index is 12.5. The molecule has 0 bridgehead atoms. The number of methoxy groups -OCH3 is 2. The van der Waals surface area contributed by atoms with E-state index in [0.29, 0.717) is 27.9 Å². The molecule has 2 heterocycles. The number of rotatable bonds is 5. The molecule has 3 rings (SSSR count). The smallest absolute Gasteiger partial charge is 0.276 e. The van der Waals surface area contributed by atoms with Gasteiger partial charge < -0.3 is 20.1 Å². The summed E-state index contributed by atoms with van der Waals surface area (Å²) in [6.07, 6.45) is 4.00. The second kappa shape index (κ2) is 7.76. The van der Waals surface area contributed by atoms with Crippen molar-refractivity contribution in [3.05, 3.63) is 35.1 Å². The molecule has 1 aromatic heterocycles. The Balaban J connectivity index is 1.77. The van der Waals surface area contributed by atoms with Crippen LogP contribution in [0.15, 0.2) is 24.4 Å². The number of halogens is 1. The average molecular weight is 365 g/mol. The zero-order valence-electron chi connectivity index (χ0n) is 14.2. The van der Waals surface area contributed by atoms with Crippen LogP contribution in [0.2, 0.25) is 5.02 Å². The highest BCUT2D eigenvalue weighted by Gasteiger charge is 2.19. The zero-order valence-corrected chi connectivity index (χ0v) is 15.0. The summed E-state index contributed by atoms with van der Waals surface area (Å²) in [6, 6.07) is 5.22. The molecule has 7 nitrogen and oxygen atoms in total.